The van der Waals surface area contributed by atoms with Crippen molar-refractivity contribution in [1.29, 1.82) is 0 Å². The Hall–Kier alpha value is -3.55. The molecular weight excluding hydrogens is 374 g/mol. The first-order valence-corrected chi connectivity index (χ1v) is 9.46. The third-order valence-corrected chi connectivity index (χ3v) is 4.34. The molecule has 8 heteroatoms. The molecule has 0 atom stereocenters. The normalized spacial score (nSPS) is 12.0. The van der Waals surface area contributed by atoms with E-state index in [2.05, 4.69) is 22.4 Å². The quantitative estimate of drug-likeness (QED) is 0.579. The topological polar surface area (TPSA) is 95.7 Å². The minimum Gasteiger partial charge on any atom is -0.494 e. The summed E-state index contributed by atoms with van der Waals surface area (Å²) in [5, 5.41) is 10.5. The molecule has 0 saturated heterocycles. The van der Waals surface area contributed by atoms with Crippen molar-refractivity contribution in [2.75, 3.05) is 18.7 Å². The smallest absolute Gasteiger partial charge is 0.322 e. The molecule has 0 bridgehead atoms. The Labute approximate surface area is 167 Å². The maximum Gasteiger partial charge on any atom is 0.322 e. The molecule has 150 valence electrons. The van der Waals surface area contributed by atoms with Crippen LogP contribution < -0.4 is 19.5 Å². The fourth-order valence-corrected chi connectivity index (χ4v) is 2.83. The summed E-state index contributed by atoms with van der Waals surface area (Å²) in [6.45, 7) is 2.94. The first-order valence-electron chi connectivity index (χ1n) is 9.46. The maximum absolute atomic E-state index is 12.5. The molecule has 0 radical (unpaired) electrons. The van der Waals surface area contributed by atoms with E-state index in [9.17, 15) is 4.79 Å². The first-order chi connectivity index (χ1) is 14.2. The molecule has 0 aliphatic carbocycles. The highest BCUT2D eigenvalue weighted by Gasteiger charge is 2.16. The number of benzene rings is 2. The van der Waals surface area contributed by atoms with E-state index in [0.29, 0.717) is 41.7 Å². The van der Waals surface area contributed by atoms with Crippen LogP contribution in [0, 0.1) is 0 Å². The summed E-state index contributed by atoms with van der Waals surface area (Å²) in [6, 6.07) is 12.6. The summed E-state index contributed by atoms with van der Waals surface area (Å²) in [5.74, 6) is 2.10. The van der Waals surface area contributed by atoms with Gasteiger partial charge in [0.05, 0.1) is 13.0 Å². The van der Waals surface area contributed by atoms with Crippen molar-refractivity contribution in [3.63, 3.8) is 0 Å². The van der Waals surface area contributed by atoms with Gasteiger partial charge in [-0.25, -0.2) is 0 Å². The minimum absolute atomic E-state index is 0.0445. The van der Waals surface area contributed by atoms with Crippen molar-refractivity contribution in [3.05, 3.63) is 59.5 Å². The lowest BCUT2D eigenvalue weighted by atomic mass is 10.1. The number of carbonyl (C=O) groups is 1. The summed E-state index contributed by atoms with van der Waals surface area (Å²) in [5.41, 5.74) is 1.39. The van der Waals surface area contributed by atoms with Crippen LogP contribution in [0.15, 0.2) is 46.9 Å². The van der Waals surface area contributed by atoms with Gasteiger partial charge in [0, 0.05) is 5.56 Å². The molecule has 1 aromatic heterocycles. The lowest BCUT2D eigenvalue weighted by molar-refractivity contribution is 0.102. The standard InChI is InChI=1S/C21H21N3O5/c1-2-3-9-26-16-6-4-5-15(12-16)20(25)22-21-24-23-19(29-21)11-14-7-8-17-18(10-14)28-13-27-17/h4-8,10,12H,2-3,9,11,13H2,1H3,(H,22,24,25). The molecule has 29 heavy (non-hydrogen) atoms. The predicted molar refractivity (Wildman–Crippen MR) is 104 cm³/mol. The van der Waals surface area contributed by atoms with Crippen LogP contribution in [-0.2, 0) is 6.42 Å². The molecule has 1 N–H and O–H groups in total. The second-order valence-corrected chi connectivity index (χ2v) is 6.55. The van der Waals surface area contributed by atoms with Crippen LogP contribution in [0.5, 0.6) is 17.2 Å². The zero-order valence-electron chi connectivity index (χ0n) is 16.0. The van der Waals surface area contributed by atoms with Crippen molar-refractivity contribution in [3.8, 4) is 17.2 Å². The van der Waals surface area contributed by atoms with E-state index >= 15 is 0 Å². The number of hydrogen-bond donors (Lipinski definition) is 1. The van der Waals surface area contributed by atoms with Crippen molar-refractivity contribution < 1.29 is 23.4 Å². The molecular formula is C21H21N3O5. The van der Waals surface area contributed by atoms with Gasteiger partial charge in [-0.1, -0.05) is 30.6 Å². The summed E-state index contributed by atoms with van der Waals surface area (Å²) in [6.07, 6.45) is 2.43. The first kappa shape index (κ1) is 18.8. The molecule has 0 fully saturated rings. The van der Waals surface area contributed by atoms with Crippen molar-refractivity contribution in [2.24, 2.45) is 0 Å². The van der Waals surface area contributed by atoms with Crippen LogP contribution in [0.2, 0.25) is 0 Å². The average molecular weight is 395 g/mol. The molecule has 8 nitrogen and oxygen atoms in total. The van der Waals surface area contributed by atoms with E-state index in [0.717, 1.165) is 18.4 Å². The van der Waals surface area contributed by atoms with Gasteiger partial charge in [0.15, 0.2) is 11.5 Å². The van der Waals surface area contributed by atoms with E-state index in [-0.39, 0.29) is 18.7 Å². The van der Waals surface area contributed by atoms with Crippen LogP contribution in [-0.4, -0.2) is 29.5 Å². The molecule has 1 amide bonds. The molecule has 4 rings (SSSR count). The average Bonchev–Trinajstić information content (AvgIpc) is 3.37. The van der Waals surface area contributed by atoms with Crippen LogP contribution >= 0.6 is 0 Å². The number of rotatable bonds is 8. The van der Waals surface area contributed by atoms with Gasteiger partial charge in [0.25, 0.3) is 5.91 Å². The highest BCUT2D eigenvalue weighted by molar-refractivity contribution is 6.03. The number of anilines is 1. The Morgan fingerprint density at radius 3 is 2.93 bits per heavy atom. The number of unbranched alkanes of at least 4 members (excludes halogenated alkanes) is 1. The summed E-state index contributed by atoms with van der Waals surface area (Å²) in [7, 11) is 0. The highest BCUT2D eigenvalue weighted by Crippen LogP contribution is 2.33. The largest absolute Gasteiger partial charge is 0.494 e. The SMILES string of the molecule is CCCCOc1cccc(C(=O)Nc2nnc(Cc3ccc4c(c3)OCO4)o2)c1. The van der Waals surface area contributed by atoms with Crippen LogP contribution in [0.1, 0.15) is 41.6 Å². The second kappa shape index (κ2) is 8.64. The zero-order valence-corrected chi connectivity index (χ0v) is 16.0. The monoisotopic (exact) mass is 395 g/mol. The van der Waals surface area contributed by atoms with Crippen molar-refractivity contribution >= 4 is 11.9 Å². The molecule has 3 aromatic rings. The molecule has 0 spiro atoms. The Morgan fingerprint density at radius 1 is 1.14 bits per heavy atom. The Balaban J connectivity index is 1.37. The lowest BCUT2D eigenvalue weighted by Gasteiger charge is -2.07. The Bertz CT molecular complexity index is 1000. The molecule has 2 aromatic carbocycles. The Kier molecular flexibility index (Phi) is 5.60. The third-order valence-electron chi connectivity index (χ3n) is 4.34. The Morgan fingerprint density at radius 2 is 2.03 bits per heavy atom. The van der Waals surface area contributed by atoms with Crippen molar-refractivity contribution in [2.45, 2.75) is 26.2 Å². The third kappa shape index (κ3) is 4.66. The second-order valence-electron chi connectivity index (χ2n) is 6.55. The van der Waals surface area contributed by atoms with E-state index in [4.69, 9.17) is 18.6 Å². The number of hydrogen-bond acceptors (Lipinski definition) is 7. The number of fused-ring (bicyclic) bond motifs is 1. The summed E-state index contributed by atoms with van der Waals surface area (Å²) < 4.78 is 21.9. The molecule has 0 saturated carbocycles. The fourth-order valence-electron chi connectivity index (χ4n) is 2.83. The predicted octanol–water partition coefficient (Wildman–Crippen LogP) is 3.82. The van der Waals surface area contributed by atoms with Gasteiger partial charge >= 0.3 is 6.01 Å². The van der Waals surface area contributed by atoms with Gasteiger partial charge in [-0.05, 0) is 42.3 Å². The number of amides is 1. The molecule has 2 heterocycles. The lowest BCUT2D eigenvalue weighted by Crippen LogP contribution is -2.12. The number of aromatic nitrogens is 2. The maximum atomic E-state index is 12.5. The van der Waals surface area contributed by atoms with Gasteiger partial charge in [0.1, 0.15) is 5.75 Å². The molecule has 0 unspecified atom stereocenters. The van der Waals surface area contributed by atoms with Crippen LogP contribution in [0.4, 0.5) is 6.01 Å². The minimum atomic E-state index is -0.343. The van der Waals surface area contributed by atoms with Gasteiger partial charge in [-0.15, -0.1) is 5.10 Å². The zero-order chi connectivity index (χ0) is 20.1. The van der Waals surface area contributed by atoms with E-state index in [1.54, 1.807) is 18.2 Å². The van der Waals surface area contributed by atoms with Gasteiger partial charge in [-0.3, -0.25) is 10.1 Å². The number of carbonyl (C=O) groups excluding carboxylic acids is 1. The van der Waals surface area contributed by atoms with Gasteiger partial charge in [0.2, 0.25) is 12.7 Å². The van der Waals surface area contributed by atoms with Crippen LogP contribution in [0.3, 0.4) is 0 Å². The van der Waals surface area contributed by atoms with Gasteiger partial charge in [-0.2, -0.15) is 0 Å². The van der Waals surface area contributed by atoms with E-state index in [1.165, 1.54) is 0 Å². The molecule has 1 aliphatic rings. The number of ether oxygens (including phenoxy) is 3. The van der Waals surface area contributed by atoms with E-state index < -0.39 is 0 Å². The fraction of sp³-hybridized carbons (Fsp3) is 0.286. The number of nitrogens with one attached hydrogen (secondary N) is 1. The van der Waals surface area contributed by atoms with Crippen LogP contribution in [0.25, 0.3) is 0 Å². The van der Waals surface area contributed by atoms with E-state index in [1.807, 2.05) is 24.3 Å². The molecule has 1 aliphatic heterocycles. The van der Waals surface area contributed by atoms with Crippen molar-refractivity contribution in [1.82, 2.24) is 10.2 Å². The number of nitrogens with zero attached hydrogens (tertiary/aromatic N) is 2. The summed E-state index contributed by atoms with van der Waals surface area (Å²) >= 11 is 0. The highest BCUT2D eigenvalue weighted by atomic mass is 16.7. The van der Waals surface area contributed by atoms with Gasteiger partial charge < -0.3 is 18.6 Å². The summed E-state index contributed by atoms with van der Waals surface area (Å²) in [4.78, 5) is 12.5.